The molecule has 6 aromatic rings. The SMILES string of the molecule is CC1CN(c2ccncc2)CCN1c1ccc(-c2ccc(COCc3ccc(-c4ccc(N5CCN(c6ccncc6)CC5C)cc4)cc3)cc2)cc1. The zero-order chi connectivity index (χ0) is 36.0. The average Bonchev–Trinajstić information content (AvgIpc) is 3.22. The lowest BCUT2D eigenvalue weighted by Gasteiger charge is -2.42. The Morgan fingerprint density at radius 2 is 0.774 bits per heavy atom. The van der Waals surface area contributed by atoms with E-state index >= 15 is 0 Å². The van der Waals surface area contributed by atoms with Crippen LogP contribution in [0.3, 0.4) is 0 Å². The Labute approximate surface area is 314 Å². The number of benzene rings is 4. The van der Waals surface area contributed by atoms with E-state index in [1.54, 1.807) is 0 Å². The van der Waals surface area contributed by atoms with Crippen molar-refractivity contribution >= 4 is 22.7 Å². The minimum Gasteiger partial charge on any atom is -0.372 e. The summed E-state index contributed by atoms with van der Waals surface area (Å²) >= 11 is 0. The number of anilines is 4. The van der Waals surface area contributed by atoms with Crippen molar-refractivity contribution in [3.05, 3.63) is 157 Å². The lowest BCUT2D eigenvalue weighted by Crippen LogP contribution is -2.52. The van der Waals surface area contributed by atoms with Gasteiger partial charge in [0.05, 0.1) is 13.2 Å². The standard InChI is InChI=1S/C46H48N6O/c1-35-31-49(43-19-23-47-24-20-43)27-29-51(35)45-15-11-41(12-16-45)39-7-3-37(4-8-39)33-53-34-38-5-9-40(10-6-38)42-13-17-46(18-14-42)52-30-28-50(32-36(52)2)44-21-25-48-26-22-44/h3-26,35-36H,27-34H2,1-2H3. The molecule has 7 heteroatoms. The predicted molar refractivity (Wildman–Crippen MR) is 219 cm³/mol. The van der Waals surface area contributed by atoms with Gasteiger partial charge in [-0.15, -0.1) is 0 Å². The lowest BCUT2D eigenvalue weighted by molar-refractivity contribution is 0.107. The Morgan fingerprint density at radius 3 is 1.11 bits per heavy atom. The number of piperazine rings is 2. The van der Waals surface area contributed by atoms with Crippen molar-refractivity contribution in [1.82, 2.24) is 9.97 Å². The molecule has 0 saturated carbocycles. The van der Waals surface area contributed by atoms with Gasteiger partial charge in [-0.3, -0.25) is 9.97 Å². The number of nitrogens with zero attached hydrogens (tertiary/aromatic N) is 6. The highest BCUT2D eigenvalue weighted by Gasteiger charge is 2.25. The van der Waals surface area contributed by atoms with Gasteiger partial charge in [0.1, 0.15) is 0 Å². The van der Waals surface area contributed by atoms with E-state index in [2.05, 4.69) is 165 Å². The molecule has 268 valence electrons. The highest BCUT2D eigenvalue weighted by molar-refractivity contribution is 5.68. The monoisotopic (exact) mass is 700 g/mol. The molecule has 4 heterocycles. The fourth-order valence-corrected chi connectivity index (χ4v) is 7.83. The van der Waals surface area contributed by atoms with Crippen molar-refractivity contribution in [2.24, 2.45) is 0 Å². The van der Waals surface area contributed by atoms with Crippen molar-refractivity contribution in [3.8, 4) is 22.3 Å². The number of aromatic nitrogens is 2. The second-order valence-electron chi connectivity index (χ2n) is 14.4. The highest BCUT2D eigenvalue weighted by Crippen LogP contribution is 2.29. The molecule has 0 bridgehead atoms. The van der Waals surface area contributed by atoms with Crippen LogP contribution in [0.4, 0.5) is 22.7 Å². The van der Waals surface area contributed by atoms with Crippen LogP contribution in [-0.2, 0) is 18.0 Å². The Balaban J connectivity index is 0.797. The van der Waals surface area contributed by atoms with E-state index < -0.39 is 0 Å². The van der Waals surface area contributed by atoms with Gasteiger partial charge in [0, 0.05) is 98.9 Å². The van der Waals surface area contributed by atoms with E-state index in [9.17, 15) is 0 Å². The van der Waals surface area contributed by atoms with Crippen LogP contribution < -0.4 is 19.6 Å². The molecule has 2 saturated heterocycles. The first-order chi connectivity index (χ1) is 26.1. The minimum absolute atomic E-state index is 0.429. The van der Waals surface area contributed by atoms with Crippen molar-refractivity contribution in [3.63, 3.8) is 0 Å². The summed E-state index contributed by atoms with van der Waals surface area (Å²) in [5.74, 6) is 0. The second-order valence-corrected chi connectivity index (χ2v) is 14.4. The number of pyridine rings is 2. The quantitative estimate of drug-likeness (QED) is 0.141. The molecule has 7 nitrogen and oxygen atoms in total. The molecule has 2 aliphatic rings. The third kappa shape index (κ3) is 8.06. The molecule has 2 fully saturated rings. The van der Waals surface area contributed by atoms with Crippen LogP contribution in [0.5, 0.6) is 0 Å². The maximum atomic E-state index is 6.13. The first-order valence-corrected chi connectivity index (χ1v) is 18.9. The third-order valence-electron chi connectivity index (χ3n) is 10.8. The normalized spacial score (nSPS) is 17.6. The number of ether oxygens (including phenoxy) is 1. The van der Waals surface area contributed by atoms with E-state index in [0.717, 1.165) is 39.3 Å². The van der Waals surface area contributed by atoms with Gasteiger partial charge < -0.3 is 24.3 Å². The van der Waals surface area contributed by atoms with Crippen LogP contribution >= 0.6 is 0 Å². The van der Waals surface area contributed by atoms with E-state index in [1.807, 2.05) is 24.8 Å². The Hall–Kier alpha value is -5.66. The summed E-state index contributed by atoms with van der Waals surface area (Å²) in [5, 5.41) is 0. The van der Waals surface area contributed by atoms with Crippen molar-refractivity contribution < 1.29 is 4.74 Å². The predicted octanol–water partition coefficient (Wildman–Crippen LogP) is 8.96. The van der Waals surface area contributed by atoms with Gasteiger partial charge in [-0.05, 0) is 95.8 Å². The largest absolute Gasteiger partial charge is 0.372 e. The summed E-state index contributed by atoms with van der Waals surface area (Å²) in [7, 11) is 0. The van der Waals surface area contributed by atoms with E-state index in [1.165, 1.54) is 56.1 Å². The molecule has 0 aliphatic carbocycles. The number of rotatable bonds is 10. The van der Waals surface area contributed by atoms with Crippen molar-refractivity contribution in [2.75, 3.05) is 58.9 Å². The van der Waals surface area contributed by atoms with Crippen LogP contribution in [0.2, 0.25) is 0 Å². The smallest absolute Gasteiger partial charge is 0.0721 e. The van der Waals surface area contributed by atoms with Gasteiger partial charge in [-0.25, -0.2) is 0 Å². The van der Waals surface area contributed by atoms with Crippen LogP contribution in [-0.4, -0.2) is 61.3 Å². The molecule has 0 N–H and O–H groups in total. The van der Waals surface area contributed by atoms with Crippen molar-refractivity contribution in [1.29, 1.82) is 0 Å². The molecular formula is C46H48N6O. The molecule has 2 aliphatic heterocycles. The molecule has 2 aromatic heterocycles. The van der Waals surface area contributed by atoms with Gasteiger partial charge in [0.15, 0.2) is 0 Å². The highest BCUT2D eigenvalue weighted by atomic mass is 16.5. The molecule has 2 unspecified atom stereocenters. The average molecular weight is 701 g/mol. The third-order valence-corrected chi connectivity index (χ3v) is 10.8. The second kappa shape index (κ2) is 15.9. The fraction of sp³-hybridized carbons (Fsp3) is 0.261. The molecule has 2 atom stereocenters. The van der Waals surface area contributed by atoms with Crippen LogP contribution in [0, 0.1) is 0 Å². The first kappa shape index (κ1) is 34.4. The molecular weight excluding hydrogens is 653 g/mol. The summed E-state index contributed by atoms with van der Waals surface area (Å²) in [5.41, 5.74) is 12.3. The first-order valence-electron chi connectivity index (χ1n) is 18.9. The Bertz CT molecular complexity index is 1890. The van der Waals surface area contributed by atoms with Crippen molar-refractivity contribution in [2.45, 2.75) is 39.1 Å². The van der Waals surface area contributed by atoms with Crippen LogP contribution in [0.15, 0.2) is 146 Å². The van der Waals surface area contributed by atoms with Gasteiger partial charge in [-0.2, -0.15) is 0 Å². The van der Waals surface area contributed by atoms with E-state index in [0.29, 0.717) is 25.3 Å². The topological polar surface area (TPSA) is 48.0 Å². The summed E-state index contributed by atoms with van der Waals surface area (Å²) in [4.78, 5) is 18.3. The van der Waals surface area contributed by atoms with Gasteiger partial charge in [-0.1, -0.05) is 72.8 Å². The van der Waals surface area contributed by atoms with Gasteiger partial charge >= 0.3 is 0 Å². The molecule has 53 heavy (non-hydrogen) atoms. The lowest BCUT2D eigenvalue weighted by atomic mass is 10.0. The summed E-state index contributed by atoms with van der Waals surface area (Å²) < 4.78 is 6.13. The Kier molecular flexibility index (Phi) is 10.3. The molecule has 8 rings (SSSR count). The molecule has 0 amide bonds. The zero-order valence-corrected chi connectivity index (χ0v) is 30.8. The summed E-state index contributed by atoms with van der Waals surface area (Å²) in [6.45, 7) is 11.8. The fourth-order valence-electron chi connectivity index (χ4n) is 7.83. The van der Waals surface area contributed by atoms with E-state index in [4.69, 9.17) is 4.74 Å². The maximum absolute atomic E-state index is 6.13. The maximum Gasteiger partial charge on any atom is 0.0721 e. The number of hydrogen-bond acceptors (Lipinski definition) is 7. The molecule has 0 radical (unpaired) electrons. The van der Waals surface area contributed by atoms with Crippen LogP contribution in [0.25, 0.3) is 22.3 Å². The Morgan fingerprint density at radius 1 is 0.434 bits per heavy atom. The zero-order valence-electron chi connectivity index (χ0n) is 30.8. The van der Waals surface area contributed by atoms with Gasteiger partial charge in [0.2, 0.25) is 0 Å². The minimum atomic E-state index is 0.429. The summed E-state index contributed by atoms with van der Waals surface area (Å²) in [6, 6.07) is 44.8. The molecule has 0 spiro atoms. The molecule has 4 aromatic carbocycles. The van der Waals surface area contributed by atoms with Crippen LogP contribution in [0.1, 0.15) is 25.0 Å². The van der Waals surface area contributed by atoms with Gasteiger partial charge in [0.25, 0.3) is 0 Å². The van der Waals surface area contributed by atoms with E-state index in [-0.39, 0.29) is 0 Å². The summed E-state index contributed by atoms with van der Waals surface area (Å²) in [6.07, 6.45) is 7.50. The number of hydrogen-bond donors (Lipinski definition) is 0.